The molecule has 1 aromatic carbocycles. The number of aliphatic hydroxyl groups excluding tert-OH is 1. The number of ether oxygens (including phenoxy) is 1. The van der Waals surface area contributed by atoms with Crippen molar-refractivity contribution in [3.8, 4) is 5.75 Å². The molecule has 1 aliphatic carbocycles. The Morgan fingerprint density at radius 3 is 3.00 bits per heavy atom. The van der Waals surface area contributed by atoms with Crippen LogP contribution in [0.4, 0.5) is 0 Å². The highest BCUT2D eigenvalue weighted by Gasteiger charge is 2.19. The average Bonchev–Trinajstić information content (AvgIpc) is 2.40. The van der Waals surface area contributed by atoms with Crippen LogP contribution in [0.5, 0.6) is 5.75 Å². The fourth-order valence-corrected chi connectivity index (χ4v) is 2.37. The highest BCUT2D eigenvalue weighted by atomic mass is 16.5. The van der Waals surface area contributed by atoms with Gasteiger partial charge in [0.15, 0.2) is 0 Å². The number of allylic oxidation sites excluding steroid dienone is 2. The smallest absolute Gasteiger partial charge is 0.119 e. The fourth-order valence-electron chi connectivity index (χ4n) is 2.37. The van der Waals surface area contributed by atoms with Crippen LogP contribution >= 0.6 is 0 Å². The van der Waals surface area contributed by atoms with Crippen LogP contribution in [-0.2, 0) is 6.42 Å². The largest absolute Gasteiger partial charge is 0.497 e. The predicted octanol–water partition coefficient (Wildman–Crippen LogP) is 2.95. The summed E-state index contributed by atoms with van der Waals surface area (Å²) in [7, 11) is 1.67. The molecule has 1 aliphatic rings. The Bertz CT molecular complexity index is 384. The van der Waals surface area contributed by atoms with Crippen LogP contribution < -0.4 is 4.74 Å². The summed E-state index contributed by atoms with van der Waals surface area (Å²) in [6.07, 6.45) is 8.06. The van der Waals surface area contributed by atoms with Crippen molar-refractivity contribution in [3.05, 3.63) is 42.0 Å². The van der Waals surface area contributed by atoms with Gasteiger partial charge in [-0.2, -0.15) is 0 Å². The van der Waals surface area contributed by atoms with Crippen LogP contribution in [0.3, 0.4) is 0 Å². The zero-order chi connectivity index (χ0) is 12.1. The van der Waals surface area contributed by atoms with Crippen molar-refractivity contribution in [1.82, 2.24) is 0 Å². The van der Waals surface area contributed by atoms with Gasteiger partial charge in [-0.25, -0.2) is 0 Å². The Morgan fingerprint density at radius 1 is 1.41 bits per heavy atom. The number of hydrogen-bond donors (Lipinski definition) is 1. The van der Waals surface area contributed by atoms with Gasteiger partial charge in [0, 0.05) is 0 Å². The van der Waals surface area contributed by atoms with E-state index < -0.39 is 0 Å². The third-order valence-corrected chi connectivity index (χ3v) is 3.43. The Labute approximate surface area is 103 Å². The van der Waals surface area contributed by atoms with Crippen molar-refractivity contribution in [2.75, 3.05) is 7.11 Å². The second-order valence-corrected chi connectivity index (χ2v) is 4.67. The minimum Gasteiger partial charge on any atom is -0.497 e. The first-order chi connectivity index (χ1) is 8.29. The van der Waals surface area contributed by atoms with Crippen molar-refractivity contribution in [2.45, 2.75) is 31.8 Å². The van der Waals surface area contributed by atoms with Crippen molar-refractivity contribution < 1.29 is 9.84 Å². The third kappa shape index (κ3) is 3.34. The molecule has 1 aromatic rings. The van der Waals surface area contributed by atoms with E-state index in [4.69, 9.17) is 4.74 Å². The zero-order valence-corrected chi connectivity index (χ0v) is 10.3. The van der Waals surface area contributed by atoms with Crippen LogP contribution in [0.25, 0.3) is 0 Å². The van der Waals surface area contributed by atoms with E-state index in [9.17, 15) is 5.11 Å². The summed E-state index contributed by atoms with van der Waals surface area (Å²) in [6.45, 7) is 0. The standard InChI is InChI=1S/C15H20O2/c1-17-14-9-5-6-12(10-14)11-15(16)13-7-3-2-4-8-13/h2-3,5-6,9-10,13,15-16H,4,7-8,11H2,1H3. The van der Waals surface area contributed by atoms with Gasteiger partial charge in [-0.15, -0.1) is 0 Å². The molecule has 0 aromatic heterocycles. The van der Waals surface area contributed by atoms with E-state index >= 15 is 0 Å². The van der Waals surface area contributed by atoms with Crippen LogP contribution in [0, 0.1) is 5.92 Å². The maximum absolute atomic E-state index is 10.2. The zero-order valence-electron chi connectivity index (χ0n) is 10.3. The molecule has 0 aliphatic heterocycles. The number of methoxy groups -OCH3 is 1. The van der Waals surface area contributed by atoms with E-state index in [-0.39, 0.29) is 6.10 Å². The molecule has 0 saturated carbocycles. The molecular formula is C15H20O2. The van der Waals surface area contributed by atoms with E-state index in [2.05, 4.69) is 12.2 Å². The van der Waals surface area contributed by atoms with Gasteiger partial charge in [0.1, 0.15) is 5.75 Å². The second kappa shape index (κ2) is 5.87. The quantitative estimate of drug-likeness (QED) is 0.809. The summed E-state index contributed by atoms with van der Waals surface area (Å²) in [4.78, 5) is 0. The molecule has 17 heavy (non-hydrogen) atoms. The van der Waals surface area contributed by atoms with Crippen LogP contribution in [-0.4, -0.2) is 18.3 Å². The lowest BCUT2D eigenvalue weighted by atomic mass is 9.86. The van der Waals surface area contributed by atoms with Gasteiger partial charge < -0.3 is 9.84 Å². The lowest BCUT2D eigenvalue weighted by Crippen LogP contribution is -2.23. The van der Waals surface area contributed by atoms with Crippen LogP contribution in [0.1, 0.15) is 24.8 Å². The molecular weight excluding hydrogens is 212 g/mol. The highest BCUT2D eigenvalue weighted by Crippen LogP contribution is 2.24. The van der Waals surface area contributed by atoms with Crippen molar-refractivity contribution in [1.29, 1.82) is 0 Å². The normalized spacial score (nSPS) is 21.2. The number of hydrogen-bond acceptors (Lipinski definition) is 2. The Balaban J connectivity index is 1.97. The molecule has 0 heterocycles. The molecule has 0 radical (unpaired) electrons. The van der Waals surface area contributed by atoms with E-state index in [1.165, 1.54) is 0 Å². The van der Waals surface area contributed by atoms with Crippen LogP contribution in [0.2, 0.25) is 0 Å². The number of aliphatic hydroxyl groups is 1. The minimum absolute atomic E-state index is 0.243. The average molecular weight is 232 g/mol. The first kappa shape index (κ1) is 12.2. The first-order valence-corrected chi connectivity index (χ1v) is 6.25. The molecule has 0 saturated heterocycles. The lowest BCUT2D eigenvalue weighted by Gasteiger charge is -2.23. The molecule has 92 valence electrons. The molecule has 0 spiro atoms. The topological polar surface area (TPSA) is 29.5 Å². The monoisotopic (exact) mass is 232 g/mol. The fraction of sp³-hybridized carbons (Fsp3) is 0.467. The first-order valence-electron chi connectivity index (χ1n) is 6.25. The second-order valence-electron chi connectivity index (χ2n) is 4.67. The van der Waals surface area contributed by atoms with Gasteiger partial charge >= 0.3 is 0 Å². The molecule has 0 fully saturated rings. The van der Waals surface area contributed by atoms with E-state index in [1.807, 2.05) is 24.3 Å². The molecule has 0 amide bonds. The maximum atomic E-state index is 10.2. The molecule has 2 unspecified atom stereocenters. The van der Waals surface area contributed by atoms with E-state index in [1.54, 1.807) is 7.11 Å². The summed E-state index contributed by atoms with van der Waals surface area (Å²) in [5.74, 6) is 1.27. The van der Waals surface area contributed by atoms with E-state index in [0.717, 1.165) is 37.0 Å². The number of benzene rings is 1. The Morgan fingerprint density at radius 2 is 2.29 bits per heavy atom. The molecule has 2 rings (SSSR count). The van der Waals surface area contributed by atoms with Gasteiger partial charge in [0.05, 0.1) is 13.2 Å². The van der Waals surface area contributed by atoms with Gasteiger partial charge in [0.2, 0.25) is 0 Å². The molecule has 2 heteroatoms. The number of rotatable bonds is 4. The summed E-state index contributed by atoms with van der Waals surface area (Å²) in [5.41, 5.74) is 1.14. The lowest BCUT2D eigenvalue weighted by molar-refractivity contribution is 0.102. The molecule has 2 atom stereocenters. The third-order valence-electron chi connectivity index (χ3n) is 3.43. The van der Waals surface area contributed by atoms with Crippen molar-refractivity contribution in [2.24, 2.45) is 5.92 Å². The highest BCUT2D eigenvalue weighted by molar-refractivity contribution is 5.28. The predicted molar refractivity (Wildman–Crippen MR) is 69.2 cm³/mol. The van der Waals surface area contributed by atoms with E-state index in [0.29, 0.717) is 5.92 Å². The van der Waals surface area contributed by atoms with Crippen molar-refractivity contribution >= 4 is 0 Å². The maximum Gasteiger partial charge on any atom is 0.119 e. The SMILES string of the molecule is COc1cccc(CC(O)C2CC=CCC2)c1. The van der Waals surface area contributed by atoms with Crippen LogP contribution in [0.15, 0.2) is 36.4 Å². The van der Waals surface area contributed by atoms with Gasteiger partial charge in [-0.05, 0) is 49.3 Å². The van der Waals surface area contributed by atoms with Gasteiger partial charge in [-0.1, -0.05) is 24.3 Å². The minimum atomic E-state index is -0.243. The summed E-state index contributed by atoms with van der Waals surface area (Å²) in [5, 5.41) is 10.2. The van der Waals surface area contributed by atoms with Gasteiger partial charge in [-0.3, -0.25) is 0 Å². The van der Waals surface area contributed by atoms with Gasteiger partial charge in [0.25, 0.3) is 0 Å². The molecule has 2 nitrogen and oxygen atoms in total. The van der Waals surface area contributed by atoms with Crippen molar-refractivity contribution in [3.63, 3.8) is 0 Å². The Kier molecular flexibility index (Phi) is 4.21. The molecule has 0 bridgehead atoms. The molecule has 1 N–H and O–H groups in total. The Hall–Kier alpha value is -1.28. The summed E-state index contributed by atoms with van der Waals surface area (Å²) in [6, 6.07) is 7.95. The summed E-state index contributed by atoms with van der Waals surface area (Å²) >= 11 is 0. The summed E-state index contributed by atoms with van der Waals surface area (Å²) < 4.78 is 5.19.